The molecule has 2 atom stereocenters. The van der Waals surface area contributed by atoms with Crippen LogP contribution >= 0.6 is 0 Å². The summed E-state index contributed by atoms with van der Waals surface area (Å²) in [5.41, 5.74) is 11.3. The molecule has 302 valence electrons. The molecule has 0 spiro atoms. The van der Waals surface area contributed by atoms with Gasteiger partial charge in [0.25, 0.3) is 0 Å². The Kier molecular flexibility index (Phi) is 11.3. The van der Waals surface area contributed by atoms with Crippen molar-refractivity contribution in [2.45, 2.75) is 76.3 Å². The van der Waals surface area contributed by atoms with E-state index in [2.05, 4.69) is 92.8 Å². The average Bonchev–Trinajstić information content (AvgIpc) is 3.92. The van der Waals surface area contributed by atoms with Crippen LogP contribution in [0.2, 0.25) is 0 Å². The molecule has 0 radical (unpaired) electrons. The lowest BCUT2D eigenvalue weighted by Crippen LogP contribution is -2.20. The number of pyridine rings is 2. The van der Waals surface area contributed by atoms with E-state index in [0.29, 0.717) is 11.6 Å². The quantitative estimate of drug-likeness (QED) is 0.0984. The second-order valence-corrected chi connectivity index (χ2v) is 16.3. The molecule has 4 aromatic carbocycles. The smallest absolute Gasteiger partial charge is 0.163 e. The van der Waals surface area contributed by atoms with Crippen LogP contribution in [0.3, 0.4) is 0 Å². The van der Waals surface area contributed by atoms with Crippen LogP contribution in [0.5, 0.6) is 0 Å². The average molecular weight is 807 g/mol. The SMILES string of the molecule is C(#Cc1ccc2c(c1)CC(Nc1nc(-c3cccnc3)nc3ccccc13)C2)CCCCCCC#Cc1ccc2c(c1)CC(Nc1nc(-c3cccnc3)nc3ccccc13)C2. The van der Waals surface area contributed by atoms with Crippen LogP contribution in [0.25, 0.3) is 44.6 Å². The summed E-state index contributed by atoms with van der Waals surface area (Å²) in [7, 11) is 0. The number of fused-ring (bicyclic) bond motifs is 4. The molecule has 10 rings (SSSR count). The molecule has 2 N–H and O–H groups in total. The van der Waals surface area contributed by atoms with Gasteiger partial charge in [0.15, 0.2) is 11.6 Å². The third kappa shape index (κ3) is 8.87. The zero-order valence-corrected chi connectivity index (χ0v) is 34.6. The summed E-state index contributed by atoms with van der Waals surface area (Å²) in [5.74, 6) is 16.8. The zero-order chi connectivity index (χ0) is 41.5. The van der Waals surface area contributed by atoms with Crippen molar-refractivity contribution in [2.24, 2.45) is 0 Å². The predicted octanol–water partition coefficient (Wildman–Crippen LogP) is 10.6. The van der Waals surface area contributed by atoms with Crippen molar-refractivity contribution in [2.75, 3.05) is 10.6 Å². The van der Waals surface area contributed by atoms with Gasteiger partial charge in [-0.3, -0.25) is 9.97 Å². The van der Waals surface area contributed by atoms with Crippen molar-refractivity contribution in [3.63, 3.8) is 0 Å². The molecule has 8 heteroatoms. The topological polar surface area (TPSA) is 101 Å². The number of nitrogens with one attached hydrogen (secondary N) is 2. The third-order valence-corrected chi connectivity index (χ3v) is 11.8. The number of benzene rings is 4. The number of unbranched alkanes of at least 4 members (excludes halogenated alkanes) is 5. The molecule has 0 fully saturated rings. The van der Waals surface area contributed by atoms with Crippen LogP contribution in [-0.2, 0) is 25.7 Å². The van der Waals surface area contributed by atoms with E-state index >= 15 is 0 Å². The Bertz CT molecular complexity index is 2810. The summed E-state index contributed by atoms with van der Waals surface area (Å²) in [6.07, 6.45) is 17.4. The van der Waals surface area contributed by atoms with E-state index in [1.807, 2.05) is 73.1 Å². The first-order chi connectivity index (χ1) is 30.7. The normalized spacial score (nSPS) is 15.0. The second-order valence-electron chi connectivity index (χ2n) is 16.3. The van der Waals surface area contributed by atoms with Gasteiger partial charge in [0.2, 0.25) is 0 Å². The van der Waals surface area contributed by atoms with E-state index in [9.17, 15) is 0 Å². The molecule has 2 aliphatic rings. The minimum absolute atomic E-state index is 0.258. The van der Waals surface area contributed by atoms with Crippen LogP contribution in [0, 0.1) is 23.7 Å². The summed E-state index contributed by atoms with van der Waals surface area (Å²) in [4.78, 5) is 28.1. The lowest BCUT2D eigenvalue weighted by molar-refractivity contribution is 0.661. The van der Waals surface area contributed by atoms with Crippen LogP contribution < -0.4 is 10.6 Å². The van der Waals surface area contributed by atoms with Crippen LogP contribution in [-0.4, -0.2) is 42.0 Å². The molecule has 8 aromatic rings. The zero-order valence-electron chi connectivity index (χ0n) is 34.6. The van der Waals surface area contributed by atoms with E-state index in [0.717, 1.165) is 107 Å². The Morgan fingerprint density at radius 3 is 1.40 bits per heavy atom. The van der Waals surface area contributed by atoms with Gasteiger partial charge in [-0.05, 0) is 134 Å². The standard InChI is InChI=1S/C54H46N8/c1(3-5-7-15-37-23-25-39-31-45(33-43(39)29-37)57-53-47-19-9-11-21-49(47)59-51(61-53)41-17-13-27-55-35-41)2-4-6-8-16-38-24-26-40-32-46(34-44(40)30-38)58-54-48-20-10-12-22-50(48)60-52(62-54)42-18-14-28-56-36-42/h9-14,17-30,35-36,45-46H,1-6,31-34H2,(H,57,59,61)(H,58,60,62). The number of rotatable bonds is 11. The minimum atomic E-state index is 0.258. The van der Waals surface area contributed by atoms with Crippen molar-refractivity contribution >= 4 is 33.4 Å². The Balaban J connectivity index is 0.669. The van der Waals surface area contributed by atoms with Gasteiger partial charge in [-0.25, -0.2) is 19.9 Å². The van der Waals surface area contributed by atoms with E-state index < -0.39 is 0 Å². The molecule has 0 saturated carbocycles. The maximum Gasteiger partial charge on any atom is 0.163 e. The van der Waals surface area contributed by atoms with Crippen molar-refractivity contribution in [1.29, 1.82) is 0 Å². The number of anilines is 2. The fourth-order valence-corrected chi connectivity index (χ4v) is 8.71. The lowest BCUT2D eigenvalue weighted by atomic mass is 10.1. The first kappa shape index (κ1) is 38.8. The Morgan fingerprint density at radius 1 is 0.468 bits per heavy atom. The van der Waals surface area contributed by atoms with Crippen LogP contribution in [0.1, 0.15) is 71.9 Å². The summed E-state index contributed by atoms with van der Waals surface area (Å²) >= 11 is 0. The molecule has 2 aliphatic carbocycles. The monoisotopic (exact) mass is 806 g/mol. The fourth-order valence-electron chi connectivity index (χ4n) is 8.71. The number of hydrogen-bond donors (Lipinski definition) is 2. The molecule has 4 heterocycles. The Morgan fingerprint density at radius 2 is 0.935 bits per heavy atom. The molecular formula is C54H46N8. The van der Waals surface area contributed by atoms with Gasteiger partial charge in [0.1, 0.15) is 11.6 Å². The largest absolute Gasteiger partial charge is 0.366 e. The Hall–Kier alpha value is -7.42. The first-order valence-corrected chi connectivity index (χ1v) is 21.8. The van der Waals surface area contributed by atoms with E-state index in [-0.39, 0.29) is 12.1 Å². The molecule has 0 bridgehead atoms. The summed E-state index contributed by atoms with van der Waals surface area (Å²) in [5, 5.41) is 9.57. The number of nitrogens with zero attached hydrogens (tertiary/aromatic N) is 6. The molecule has 4 aromatic heterocycles. The lowest BCUT2D eigenvalue weighted by Gasteiger charge is -2.16. The molecule has 0 aliphatic heterocycles. The van der Waals surface area contributed by atoms with Gasteiger partial charge in [0, 0.05) is 82.7 Å². The molecular weight excluding hydrogens is 761 g/mol. The van der Waals surface area contributed by atoms with Gasteiger partial charge in [0.05, 0.1) is 11.0 Å². The molecule has 2 unspecified atom stereocenters. The maximum absolute atomic E-state index is 4.95. The maximum atomic E-state index is 4.95. The minimum Gasteiger partial charge on any atom is -0.366 e. The van der Waals surface area contributed by atoms with E-state index in [4.69, 9.17) is 19.9 Å². The number of aromatic nitrogens is 6. The van der Waals surface area contributed by atoms with Crippen molar-refractivity contribution < 1.29 is 0 Å². The highest BCUT2D eigenvalue weighted by Gasteiger charge is 2.24. The second kappa shape index (κ2) is 18.1. The van der Waals surface area contributed by atoms with Crippen molar-refractivity contribution in [3.8, 4) is 46.5 Å². The molecule has 0 amide bonds. The van der Waals surface area contributed by atoms with Crippen LogP contribution in [0.15, 0.2) is 134 Å². The number of hydrogen-bond acceptors (Lipinski definition) is 8. The van der Waals surface area contributed by atoms with Gasteiger partial charge in [-0.1, -0.05) is 72.9 Å². The van der Waals surface area contributed by atoms with Crippen molar-refractivity contribution in [3.05, 3.63) is 167 Å². The van der Waals surface area contributed by atoms with Gasteiger partial charge < -0.3 is 10.6 Å². The first-order valence-electron chi connectivity index (χ1n) is 21.8. The summed E-state index contributed by atoms with van der Waals surface area (Å²) < 4.78 is 0. The predicted molar refractivity (Wildman–Crippen MR) is 250 cm³/mol. The van der Waals surface area contributed by atoms with Gasteiger partial charge in [-0.15, -0.1) is 0 Å². The Labute approximate surface area is 362 Å². The fraction of sp³-hybridized carbons (Fsp3) is 0.222. The molecule has 8 nitrogen and oxygen atoms in total. The third-order valence-electron chi connectivity index (χ3n) is 11.8. The van der Waals surface area contributed by atoms with Gasteiger partial charge >= 0.3 is 0 Å². The number of para-hydroxylation sites is 2. The molecule has 62 heavy (non-hydrogen) atoms. The highest BCUT2D eigenvalue weighted by Crippen LogP contribution is 2.31. The summed E-state index contributed by atoms with van der Waals surface area (Å²) in [6.45, 7) is 0. The van der Waals surface area contributed by atoms with E-state index in [1.54, 1.807) is 12.4 Å². The van der Waals surface area contributed by atoms with Crippen LogP contribution in [0.4, 0.5) is 11.6 Å². The van der Waals surface area contributed by atoms with Gasteiger partial charge in [-0.2, -0.15) is 0 Å². The highest BCUT2D eigenvalue weighted by molar-refractivity contribution is 5.91. The van der Waals surface area contributed by atoms with Crippen molar-refractivity contribution in [1.82, 2.24) is 29.9 Å². The van der Waals surface area contributed by atoms with E-state index in [1.165, 1.54) is 35.1 Å². The summed E-state index contributed by atoms with van der Waals surface area (Å²) in [6, 6.07) is 38.1. The highest BCUT2D eigenvalue weighted by atomic mass is 15.1. The molecule has 0 saturated heterocycles.